The van der Waals surface area contributed by atoms with Gasteiger partial charge in [-0.3, -0.25) is 4.79 Å². The Morgan fingerprint density at radius 2 is 2.08 bits per heavy atom. The van der Waals surface area contributed by atoms with Gasteiger partial charge in [0, 0.05) is 11.3 Å². The molecular weight excluding hydrogens is 350 g/mol. The van der Waals surface area contributed by atoms with Gasteiger partial charge in [0.1, 0.15) is 16.1 Å². The number of hydrogen-bond donors (Lipinski definition) is 3. The van der Waals surface area contributed by atoms with Gasteiger partial charge in [-0.25, -0.2) is 13.4 Å². The van der Waals surface area contributed by atoms with E-state index in [1.165, 1.54) is 6.07 Å². The number of aliphatic carboxylic acids is 1. The van der Waals surface area contributed by atoms with Gasteiger partial charge in [-0.1, -0.05) is 12.1 Å². The van der Waals surface area contributed by atoms with Crippen LogP contribution in [0.3, 0.4) is 0 Å². The van der Waals surface area contributed by atoms with Gasteiger partial charge < -0.3 is 10.1 Å². The van der Waals surface area contributed by atoms with Gasteiger partial charge in [0.25, 0.3) is 10.0 Å². The Morgan fingerprint density at radius 3 is 2.71 bits per heavy atom. The fourth-order valence-electron chi connectivity index (χ4n) is 2.28. The van der Waals surface area contributed by atoms with Crippen LogP contribution in [0.25, 0.3) is 11.0 Å². The molecule has 7 nitrogen and oxygen atoms in total. The zero-order chi connectivity index (χ0) is 17.3. The molecule has 1 aromatic carbocycles. The number of nitrogens with one attached hydrogen (secondary N) is 2. The van der Waals surface area contributed by atoms with E-state index in [4.69, 9.17) is 0 Å². The van der Waals surface area contributed by atoms with Crippen LogP contribution in [0.4, 0.5) is 0 Å². The van der Waals surface area contributed by atoms with Gasteiger partial charge in [0.05, 0.1) is 11.0 Å². The Kier molecular flexibility index (Phi) is 4.39. The number of thiophene rings is 1. The lowest BCUT2D eigenvalue weighted by molar-refractivity contribution is -0.138. The molecule has 0 saturated heterocycles. The first kappa shape index (κ1) is 16.6. The number of fused-ring (bicyclic) bond motifs is 1. The average Bonchev–Trinajstić information content (AvgIpc) is 3.12. The van der Waals surface area contributed by atoms with Crippen molar-refractivity contribution >= 4 is 38.4 Å². The molecule has 2 heterocycles. The van der Waals surface area contributed by atoms with E-state index in [9.17, 15) is 18.3 Å². The second-order valence-corrected chi connectivity index (χ2v) is 8.51. The van der Waals surface area contributed by atoms with Crippen LogP contribution >= 0.6 is 11.3 Å². The number of nitrogens with zero attached hydrogens (tertiary/aromatic N) is 1. The second-order valence-electron chi connectivity index (χ2n) is 5.28. The fraction of sp³-hybridized carbons (Fsp3) is 0.200. The van der Waals surface area contributed by atoms with Crippen LogP contribution < -0.4 is 4.72 Å². The summed E-state index contributed by atoms with van der Waals surface area (Å²) in [6.45, 7) is 1.78. The van der Waals surface area contributed by atoms with Crippen molar-refractivity contribution in [1.29, 1.82) is 0 Å². The summed E-state index contributed by atoms with van der Waals surface area (Å²) in [5.74, 6) is -0.846. The summed E-state index contributed by atoms with van der Waals surface area (Å²) in [6, 6.07) is 9.10. The molecule has 1 unspecified atom stereocenters. The Morgan fingerprint density at radius 1 is 1.33 bits per heavy atom. The molecule has 0 aliphatic carbocycles. The fourth-order valence-corrected chi connectivity index (χ4v) is 4.77. The summed E-state index contributed by atoms with van der Waals surface area (Å²) in [4.78, 5) is 19.6. The number of carboxylic acids is 1. The van der Waals surface area contributed by atoms with Crippen molar-refractivity contribution in [1.82, 2.24) is 14.7 Å². The predicted octanol–water partition coefficient (Wildman–Crippen LogP) is 1.91. The van der Waals surface area contributed by atoms with E-state index in [0.717, 1.165) is 21.7 Å². The summed E-state index contributed by atoms with van der Waals surface area (Å²) < 4.78 is 27.0. The van der Waals surface area contributed by atoms with Crippen molar-refractivity contribution in [3.05, 3.63) is 47.1 Å². The van der Waals surface area contributed by atoms with Gasteiger partial charge in [-0.15, -0.1) is 11.3 Å². The average molecular weight is 365 g/mol. The predicted molar refractivity (Wildman–Crippen MR) is 90.6 cm³/mol. The SMILES string of the molecule is Cc1ccc(S(=O)(=O)NC(Cc2nc3ccccc3[nH]2)C(=O)O)s1. The highest BCUT2D eigenvalue weighted by atomic mass is 32.2. The molecule has 0 aliphatic rings. The van der Waals surface area contributed by atoms with Gasteiger partial charge >= 0.3 is 5.97 Å². The topological polar surface area (TPSA) is 112 Å². The number of aromatic amines is 1. The first-order valence-electron chi connectivity index (χ1n) is 7.10. The maximum Gasteiger partial charge on any atom is 0.322 e. The van der Waals surface area contributed by atoms with Crippen LogP contribution in [-0.2, 0) is 21.2 Å². The minimum atomic E-state index is -3.89. The molecule has 24 heavy (non-hydrogen) atoms. The summed E-state index contributed by atoms with van der Waals surface area (Å²) in [7, 11) is -3.89. The van der Waals surface area contributed by atoms with E-state index in [-0.39, 0.29) is 10.6 Å². The second kappa shape index (κ2) is 6.34. The highest BCUT2D eigenvalue weighted by Crippen LogP contribution is 2.21. The zero-order valence-corrected chi connectivity index (χ0v) is 14.3. The molecule has 0 fully saturated rings. The molecule has 1 atom stereocenters. The van der Waals surface area contributed by atoms with E-state index >= 15 is 0 Å². The van der Waals surface area contributed by atoms with E-state index in [1.54, 1.807) is 19.1 Å². The lowest BCUT2D eigenvalue weighted by atomic mass is 10.2. The summed E-state index contributed by atoms with van der Waals surface area (Å²) in [5, 5.41) is 9.36. The molecule has 0 bridgehead atoms. The molecule has 2 aromatic heterocycles. The van der Waals surface area contributed by atoms with Gasteiger partial charge in [0.2, 0.25) is 0 Å². The molecule has 0 saturated carbocycles. The van der Waals surface area contributed by atoms with Crippen molar-refractivity contribution in [3.8, 4) is 0 Å². The maximum atomic E-state index is 12.3. The lowest BCUT2D eigenvalue weighted by Crippen LogP contribution is -2.42. The third-order valence-electron chi connectivity index (χ3n) is 3.41. The van der Waals surface area contributed by atoms with Crippen molar-refractivity contribution in [2.45, 2.75) is 23.6 Å². The summed E-state index contributed by atoms with van der Waals surface area (Å²) >= 11 is 1.09. The van der Waals surface area contributed by atoms with E-state index in [1.807, 2.05) is 18.2 Å². The monoisotopic (exact) mass is 365 g/mol. The molecule has 3 N–H and O–H groups in total. The molecule has 3 rings (SSSR count). The van der Waals surface area contributed by atoms with Crippen LogP contribution in [0.5, 0.6) is 0 Å². The molecule has 126 valence electrons. The third-order valence-corrected chi connectivity index (χ3v) is 6.38. The number of imidazole rings is 1. The molecular formula is C15H15N3O4S2. The number of carboxylic acid groups (broad SMARTS) is 1. The molecule has 3 aromatic rings. The maximum absolute atomic E-state index is 12.3. The van der Waals surface area contributed by atoms with Crippen LogP contribution in [0, 0.1) is 6.92 Å². The number of hydrogen-bond acceptors (Lipinski definition) is 5. The van der Waals surface area contributed by atoms with E-state index in [2.05, 4.69) is 14.7 Å². The van der Waals surface area contributed by atoms with Gasteiger partial charge in [0.15, 0.2) is 0 Å². The Balaban J connectivity index is 1.83. The first-order chi connectivity index (χ1) is 11.3. The number of sulfonamides is 1. The molecule has 0 radical (unpaired) electrons. The highest BCUT2D eigenvalue weighted by Gasteiger charge is 2.27. The Labute approximate surface area is 142 Å². The Hall–Kier alpha value is -2.23. The van der Waals surface area contributed by atoms with E-state index < -0.39 is 22.0 Å². The molecule has 0 amide bonds. The quantitative estimate of drug-likeness (QED) is 0.618. The lowest BCUT2D eigenvalue weighted by Gasteiger charge is -2.12. The number of aryl methyl sites for hydroxylation is 1. The van der Waals surface area contributed by atoms with Crippen LogP contribution in [0.2, 0.25) is 0 Å². The minimum Gasteiger partial charge on any atom is -0.480 e. The van der Waals surface area contributed by atoms with Crippen molar-refractivity contribution in [2.24, 2.45) is 0 Å². The minimum absolute atomic E-state index is 0.0758. The number of H-pyrrole nitrogens is 1. The molecule has 0 aliphatic heterocycles. The molecule has 9 heteroatoms. The number of rotatable bonds is 6. The van der Waals surface area contributed by atoms with Crippen LogP contribution in [0.15, 0.2) is 40.6 Å². The van der Waals surface area contributed by atoms with Crippen molar-refractivity contribution in [3.63, 3.8) is 0 Å². The summed E-state index contributed by atoms with van der Waals surface area (Å²) in [6.07, 6.45) is -0.0758. The largest absolute Gasteiger partial charge is 0.480 e. The number of para-hydroxylation sites is 2. The Bertz CT molecular complexity index is 958. The smallest absolute Gasteiger partial charge is 0.322 e. The standard InChI is InChI=1S/C15H15N3O4S2/c1-9-6-7-14(23-9)24(21,22)18-12(15(19)20)8-13-16-10-4-2-3-5-11(10)17-13/h2-7,12,18H,8H2,1H3,(H,16,17)(H,19,20). The van der Waals surface area contributed by atoms with Crippen LogP contribution in [0.1, 0.15) is 10.7 Å². The van der Waals surface area contributed by atoms with Gasteiger partial charge in [-0.2, -0.15) is 4.72 Å². The molecule has 0 spiro atoms. The number of carbonyl (C=O) groups is 1. The van der Waals surface area contributed by atoms with Crippen molar-refractivity contribution in [2.75, 3.05) is 0 Å². The van der Waals surface area contributed by atoms with E-state index in [0.29, 0.717) is 11.3 Å². The highest BCUT2D eigenvalue weighted by molar-refractivity contribution is 7.91. The first-order valence-corrected chi connectivity index (χ1v) is 9.40. The van der Waals surface area contributed by atoms with Crippen LogP contribution in [-0.4, -0.2) is 35.5 Å². The zero-order valence-electron chi connectivity index (χ0n) is 12.7. The third kappa shape index (κ3) is 3.48. The van der Waals surface area contributed by atoms with Crippen molar-refractivity contribution < 1.29 is 18.3 Å². The normalized spacial score (nSPS) is 13.2. The van der Waals surface area contributed by atoms with Gasteiger partial charge in [-0.05, 0) is 31.2 Å². The summed E-state index contributed by atoms with van der Waals surface area (Å²) in [5.41, 5.74) is 1.47. The number of aromatic nitrogens is 2. The number of benzene rings is 1.